The van der Waals surface area contributed by atoms with Crippen LogP contribution in [0.5, 0.6) is 0 Å². The third-order valence-corrected chi connectivity index (χ3v) is 4.51. The van der Waals surface area contributed by atoms with Gasteiger partial charge in [0.1, 0.15) is 11.6 Å². The molecule has 31 heavy (non-hydrogen) atoms. The van der Waals surface area contributed by atoms with Gasteiger partial charge in [-0.05, 0) is 44.0 Å². The van der Waals surface area contributed by atoms with Crippen molar-refractivity contribution in [2.45, 2.75) is 38.5 Å². The fraction of sp³-hybridized carbons (Fsp3) is 0.450. The number of carboxylic acids is 1. The first kappa shape index (κ1) is 24.2. The Hall–Kier alpha value is -3.08. The van der Waals surface area contributed by atoms with Crippen LogP contribution in [0.4, 0.5) is 19.0 Å². The monoisotopic (exact) mass is 443 g/mol. The second kappa shape index (κ2) is 10.8. The fourth-order valence-corrected chi connectivity index (χ4v) is 3.07. The second-order valence-electron chi connectivity index (χ2n) is 6.83. The number of alkyl halides is 3. The number of rotatable bonds is 6. The molecule has 1 aliphatic heterocycles. The van der Waals surface area contributed by atoms with Crippen LogP contribution in [-0.4, -0.2) is 59.3 Å². The molecular weight excluding hydrogens is 419 g/mol. The van der Waals surface area contributed by atoms with Crippen molar-refractivity contribution >= 4 is 17.7 Å². The summed E-state index contributed by atoms with van der Waals surface area (Å²) >= 11 is 0. The van der Waals surface area contributed by atoms with Gasteiger partial charge in [-0.2, -0.15) is 13.2 Å². The minimum Gasteiger partial charge on any atom is -0.475 e. The number of nitrogens with one attached hydrogen (secondary N) is 1. The molecule has 3 rings (SSSR count). The average molecular weight is 443 g/mol. The van der Waals surface area contributed by atoms with Crippen molar-refractivity contribution in [3.8, 4) is 0 Å². The molecule has 1 amide bonds. The van der Waals surface area contributed by atoms with E-state index in [0.717, 1.165) is 30.8 Å². The SMILES string of the molecule is COC[C@H]1CCCN1C(=O)c1ccc(C)nc1NCc1ccco1.O=C(O)C(F)(F)F. The van der Waals surface area contributed by atoms with E-state index in [0.29, 0.717) is 24.5 Å². The zero-order valence-corrected chi connectivity index (χ0v) is 17.1. The minimum absolute atomic E-state index is 0.00370. The Morgan fingerprint density at radius 3 is 2.65 bits per heavy atom. The lowest BCUT2D eigenvalue weighted by atomic mass is 10.1. The highest BCUT2D eigenvalue weighted by Crippen LogP contribution is 2.24. The van der Waals surface area contributed by atoms with Crippen LogP contribution in [0.25, 0.3) is 0 Å². The summed E-state index contributed by atoms with van der Waals surface area (Å²) in [5.41, 5.74) is 1.46. The predicted octanol–water partition coefficient (Wildman–Crippen LogP) is 3.48. The first-order chi connectivity index (χ1) is 14.6. The van der Waals surface area contributed by atoms with Gasteiger partial charge in [-0.15, -0.1) is 0 Å². The molecule has 0 bridgehead atoms. The van der Waals surface area contributed by atoms with Gasteiger partial charge < -0.3 is 24.5 Å². The summed E-state index contributed by atoms with van der Waals surface area (Å²) in [6, 6.07) is 7.58. The Kier molecular flexibility index (Phi) is 8.43. The lowest BCUT2D eigenvalue weighted by molar-refractivity contribution is -0.192. The quantitative estimate of drug-likeness (QED) is 0.704. The van der Waals surface area contributed by atoms with Gasteiger partial charge in [0.05, 0.1) is 31.0 Å². The zero-order valence-electron chi connectivity index (χ0n) is 17.1. The molecule has 1 aliphatic rings. The normalized spacial score (nSPS) is 15.9. The minimum atomic E-state index is -5.08. The molecule has 0 unspecified atom stereocenters. The Labute approximate surface area is 177 Å². The molecule has 3 heterocycles. The summed E-state index contributed by atoms with van der Waals surface area (Å²) in [5, 5.41) is 10.3. The number of pyridine rings is 1. The lowest BCUT2D eigenvalue weighted by Gasteiger charge is -2.25. The molecule has 8 nitrogen and oxygen atoms in total. The highest BCUT2D eigenvalue weighted by Gasteiger charge is 2.38. The van der Waals surface area contributed by atoms with Gasteiger partial charge in [-0.3, -0.25) is 4.79 Å². The summed E-state index contributed by atoms with van der Waals surface area (Å²) < 4.78 is 42.3. The summed E-state index contributed by atoms with van der Waals surface area (Å²) in [6.07, 6.45) is -1.46. The third kappa shape index (κ3) is 6.99. The van der Waals surface area contributed by atoms with Crippen molar-refractivity contribution in [2.24, 2.45) is 0 Å². The lowest BCUT2D eigenvalue weighted by Crippen LogP contribution is -2.38. The molecule has 1 atom stereocenters. The first-order valence-electron chi connectivity index (χ1n) is 9.47. The molecule has 11 heteroatoms. The van der Waals surface area contributed by atoms with Crippen LogP contribution in [0.15, 0.2) is 34.9 Å². The molecule has 2 aromatic heterocycles. The van der Waals surface area contributed by atoms with Crippen LogP contribution in [0.1, 0.15) is 34.7 Å². The van der Waals surface area contributed by atoms with Gasteiger partial charge in [0.15, 0.2) is 0 Å². The van der Waals surface area contributed by atoms with Crippen LogP contribution in [-0.2, 0) is 16.1 Å². The fourth-order valence-electron chi connectivity index (χ4n) is 3.07. The van der Waals surface area contributed by atoms with E-state index >= 15 is 0 Å². The van der Waals surface area contributed by atoms with Crippen LogP contribution in [0.2, 0.25) is 0 Å². The van der Waals surface area contributed by atoms with Crippen molar-refractivity contribution in [3.05, 3.63) is 47.5 Å². The molecule has 0 aromatic carbocycles. The number of carbonyl (C=O) groups is 2. The number of amides is 1. The van der Waals surface area contributed by atoms with E-state index in [2.05, 4.69) is 10.3 Å². The number of anilines is 1. The van der Waals surface area contributed by atoms with Crippen LogP contribution < -0.4 is 5.32 Å². The zero-order chi connectivity index (χ0) is 23.0. The molecule has 2 N–H and O–H groups in total. The number of aromatic nitrogens is 1. The van der Waals surface area contributed by atoms with Crippen molar-refractivity contribution in [1.82, 2.24) is 9.88 Å². The number of ether oxygens (including phenoxy) is 1. The molecule has 0 saturated carbocycles. The Morgan fingerprint density at radius 2 is 2.06 bits per heavy atom. The number of carbonyl (C=O) groups excluding carboxylic acids is 1. The summed E-state index contributed by atoms with van der Waals surface area (Å²) in [7, 11) is 1.67. The van der Waals surface area contributed by atoms with E-state index < -0.39 is 12.1 Å². The number of hydrogen-bond acceptors (Lipinski definition) is 6. The van der Waals surface area contributed by atoms with Crippen molar-refractivity contribution in [3.63, 3.8) is 0 Å². The van der Waals surface area contributed by atoms with Gasteiger partial charge >= 0.3 is 12.1 Å². The molecule has 0 spiro atoms. The summed E-state index contributed by atoms with van der Waals surface area (Å²) in [6.45, 7) is 3.74. The van der Waals surface area contributed by atoms with Gasteiger partial charge in [0.25, 0.3) is 5.91 Å². The van der Waals surface area contributed by atoms with Crippen molar-refractivity contribution in [1.29, 1.82) is 0 Å². The van der Waals surface area contributed by atoms with Crippen LogP contribution in [0.3, 0.4) is 0 Å². The highest BCUT2D eigenvalue weighted by atomic mass is 19.4. The van der Waals surface area contributed by atoms with Crippen molar-refractivity contribution in [2.75, 3.05) is 25.6 Å². The summed E-state index contributed by atoms with van der Waals surface area (Å²) in [4.78, 5) is 28.3. The number of methoxy groups -OCH3 is 1. The predicted molar refractivity (Wildman–Crippen MR) is 105 cm³/mol. The van der Waals surface area contributed by atoms with E-state index in [-0.39, 0.29) is 11.9 Å². The van der Waals surface area contributed by atoms with Gasteiger partial charge in [0, 0.05) is 19.3 Å². The molecular formula is C20H24F3N3O5. The number of likely N-dealkylation sites (tertiary alicyclic amines) is 1. The average Bonchev–Trinajstić information content (AvgIpc) is 3.38. The first-order valence-corrected chi connectivity index (χ1v) is 9.47. The maximum absolute atomic E-state index is 13.0. The van der Waals surface area contributed by atoms with Gasteiger partial charge in [-0.25, -0.2) is 9.78 Å². The number of hydrogen-bond donors (Lipinski definition) is 2. The Bertz CT molecular complexity index is 871. The molecule has 2 aromatic rings. The van der Waals surface area contributed by atoms with E-state index in [9.17, 15) is 18.0 Å². The number of aliphatic carboxylic acids is 1. The standard InChI is InChI=1S/C18H23N3O3.C2HF3O2/c1-13-7-8-16(17(20-13)19-11-15-6-4-10-24-15)18(22)21-9-3-5-14(21)12-23-2;3-2(4,5)1(6)7/h4,6-8,10,14H,3,5,9,11-12H2,1-2H3,(H,19,20);(H,6,7)/t14-;/m1./s1. The molecule has 1 fully saturated rings. The second-order valence-corrected chi connectivity index (χ2v) is 6.83. The number of aryl methyl sites for hydroxylation is 1. The van der Waals surface area contributed by atoms with Crippen molar-refractivity contribution < 1.29 is 37.0 Å². The maximum Gasteiger partial charge on any atom is 0.490 e. The largest absolute Gasteiger partial charge is 0.490 e. The van der Waals surface area contributed by atoms with Crippen LogP contribution >= 0.6 is 0 Å². The molecule has 0 radical (unpaired) electrons. The van der Waals surface area contributed by atoms with E-state index in [1.165, 1.54) is 0 Å². The number of carboxylic acid groups (broad SMARTS) is 1. The van der Waals surface area contributed by atoms with Gasteiger partial charge in [-0.1, -0.05) is 0 Å². The smallest absolute Gasteiger partial charge is 0.475 e. The highest BCUT2D eigenvalue weighted by molar-refractivity contribution is 5.99. The van der Waals surface area contributed by atoms with Gasteiger partial charge in [0.2, 0.25) is 0 Å². The van der Waals surface area contributed by atoms with E-state index in [1.807, 2.05) is 36.1 Å². The third-order valence-electron chi connectivity index (χ3n) is 4.51. The molecule has 170 valence electrons. The number of furan rings is 1. The topological polar surface area (TPSA) is 105 Å². The Balaban J connectivity index is 0.000000423. The Morgan fingerprint density at radius 1 is 1.35 bits per heavy atom. The summed E-state index contributed by atoms with van der Waals surface area (Å²) in [5.74, 6) is -1.36. The number of nitrogens with zero attached hydrogens (tertiary/aromatic N) is 2. The van der Waals surface area contributed by atoms with E-state index in [4.69, 9.17) is 19.1 Å². The molecule has 0 aliphatic carbocycles. The number of halogens is 3. The van der Waals surface area contributed by atoms with E-state index in [1.54, 1.807) is 13.4 Å². The maximum atomic E-state index is 13.0. The molecule has 1 saturated heterocycles. The van der Waals surface area contributed by atoms with Crippen LogP contribution in [0, 0.1) is 6.92 Å².